The van der Waals surface area contributed by atoms with Crippen molar-refractivity contribution in [2.75, 3.05) is 11.4 Å². The van der Waals surface area contributed by atoms with Crippen LogP contribution in [-0.4, -0.2) is 27.2 Å². The van der Waals surface area contributed by atoms with Crippen molar-refractivity contribution in [1.82, 2.24) is 20.1 Å². The third kappa shape index (κ3) is 3.15. The van der Waals surface area contributed by atoms with Crippen LogP contribution in [0.4, 0.5) is 5.82 Å². The van der Waals surface area contributed by atoms with Crippen LogP contribution in [0.5, 0.6) is 0 Å². The van der Waals surface area contributed by atoms with Crippen LogP contribution < -0.4 is 10.2 Å². The van der Waals surface area contributed by atoms with E-state index in [0.29, 0.717) is 18.7 Å². The number of hydrogen-bond donors (Lipinski definition) is 1. The monoisotopic (exact) mass is 350 g/mol. The molecule has 0 unspecified atom stereocenters. The van der Waals surface area contributed by atoms with Gasteiger partial charge in [0.1, 0.15) is 11.9 Å². The maximum atomic E-state index is 11.1. The standard InChI is InChI=1S/C19H22N6O/c1-13(26)21-11-16-9-17-12-24(6-7-25(17)23-16)19-15(10-20)8-14-4-2-3-5-18(14)22-19/h8-9H,2-7,11-12H2,1H3,(H,21,26). The van der Waals surface area contributed by atoms with E-state index in [-0.39, 0.29) is 5.91 Å². The fourth-order valence-corrected chi connectivity index (χ4v) is 3.75. The van der Waals surface area contributed by atoms with Crippen LogP contribution >= 0.6 is 0 Å². The van der Waals surface area contributed by atoms with Gasteiger partial charge in [0, 0.05) is 19.2 Å². The number of carbonyl (C=O) groups is 1. The number of amides is 1. The van der Waals surface area contributed by atoms with E-state index in [0.717, 1.165) is 48.8 Å². The molecule has 1 aliphatic heterocycles. The number of fused-ring (bicyclic) bond motifs is 2. The molecule has 1 N–H and O–H groups in total. The van der Waals surface area contributed by atoms with Crippen LogP contribution in [0.15, 0.2) is 12.1 Å². The Bertz CT molecular complexity index is 894. The molecule has 2 aromatic heterocycles. The number of nitrogens with zero attached hydrogens (tertiary/aromatic N) is 5. The van der Waals surface area contributed by atoms with E-state index >= 15 is 0 Å². The average Bonchev–Trinajstić information content (AvgIpc) is 3.07. The number of hydrogen-bond acceptors (Lipinski definition) is 5. The molecule has 0 atom stereocenters. The number of pyridine rings is 1. The largest absolute Gasteiger partial charge is 0.351 e. The van der Waals surface area contributed by atoms with Gasteiger partial charge in [0.15, 0.2) is 0 Å². The normalized spacial score (nSPS) is 15.8. The van der Waals surface area contributed by atoms with E-state index < -0.39 is 0 Å². The lowest BCUT2D eigenvalue weighted by molar-refractivity contribution is -0.119. The highest BCUT2D eigenvalue weighted by Crippen LogP contribution is 2.28. The lowest BCUT2D eigenvalue weighted by atomic mass is 9.95. The molecule has 0 saturated carbocycles. The van der Waals surface area contributed by atoms with Crippen LogP contribution in [-0.2, 0) is 37.3 Å². The van der Waals surface area contributed by atoms with Gasteiger partial charge >= 0.3 is 0 Å². The number of carbonyl (C=O) groups excluding carboxylic acids is 1. The Morgan fingerprint density at radius 1 is 1.31 bits per heavy atom. The Morgan fingerprint density at radius 2 is 2.15 bits per heavy atom. The van der Waals surface area contributed by atoms with Crippen molar-refractivity contribution < 1.29 is 4.79 Å². The first-order valence-electron chi connectivity index (χ1n) is 9.12. The van der Waals surface area contributed by atoms with Crippen molar-refractivity contribution >= 4 is 11.7 Å². The minimum atomic E-state index is -0.0606. The predicted octanol–water partition coefficient (Wildman–Crippen LogP) is 1.68. The molecular weight excluding hydrogens is 328 g/mol. The number of nitrogens with one attached hydrogen (secondary N) is 1. The fraction of sp³-hybridized carbons (Fsp3) is 0.474. The second kappa shape index (κ2) is 6.79. The summed E-state index contributed by atoms with van der Waals surface area (Å²) in [6, 6.07) is 6.38. The second-order valence-corrected chi connectivity index (χ2v) is 6.97. The molecule has 2 aliphatic rings. The summed E-state index contributed by atoms with van der Waals surface area (Å²) in [4.78, 5) is 18.1. The van der Waals surface area contributed by atoms with Crippen LogP contribution in [0, 0.1) is 11.3 Å². The Morgan fingerprint density at radius 3 is 2.96 bits per heavy atom. The van der Waals surface area contributed by atoms with Gasteiger partial charge in [-0.25, -0.2) is 4.98 Å². The average molecular weight is 350 g/mol. The number of rotatable bonds is 3. The molecular formula is C19H22N6O. The van der Waals surface area contributed by atoms with Gasteiger partial charge in [-0.05, 0) is 43.4 Å². The first-order valence-corrected chi connectivity index (χ1v) is 9.12. The Balaban J connectivity index is 1.59. The van der Waals surface area contributed by atoms with Gasteiger partial charge in [-0.2, -0.15) is 10.4 Å². The highest BCUT2D eigenvalue weighted by molar-refractivity contribution is 5.72. The summed E-state index contributed by atoms with van der Waals surface area (Å²) in [5.74, 6) is 0.735. The van der Waals surface area contributed by atoms with Crippen LogP contribution in [0.2, 0.25) is 0 Å². The molecule has 0 saturated heterocycles. The summed E-state index contributed by atoms with van der Waals surface area (Å²) in [6.07, 6.45) is 4.38. The van der Waals surface area contributed by atoms with Crippen molar-refractivity contribution in [2.24, 2.45) is 0 Å². The van der Waals surface area contributed by atoms with Crippen molar-refractivity contribution in [3.63, 3.8) is 0 Å². The summed E-state index contributed by atoms with van der Waals surface area (Å²) in [6.45, 7) is 4.14. The van der Waals surface area contributed by atoms with Gasteiger partial charge in [-0.15, -0.1) is 0 Å². The van der Waals surface area contributed by atoms with Crippen LogP contribution in [0.1, 0.15) is 48.0 Å². The van der Waals surface area contributed by atoms with E-state index in [4.69, 9.17) is 4.98 Å². The maximum absolute atomic E-state index is 11.1. The van der Waals surface area contributed by atoms with Gasteiger partial charge in [0.05, 0.1) is 36.6 Å². The van der Waals surface area contributed by atoms with Gasteiger partial charge in [-0.3, -0.25) is 9.48 Å². The highest BCUT2D eigenvalue weighted by Gasteiger charge is 2.24. The Labute approximate surface area is 152 Å². The third-order valence-corrected chi connectivity index (χ3v) is 5.07. The highest BCUT2D eigenvalue weighted by atomic mass is 16.1. The fourth-order valence-electron chi connectivity index (χ4n) is 3.75. The van der Waals surface area contributed by atoms with Crippen LogP contribution in [0.25, 0.3) is 0 Å². The zero-order valence-electron chi connectivity index (χ0n) is 15.0. The van der Waals surface area contributed by atoms with E-state index in [1.54, 1.807) is 0 Å². The van der Waals surface area contributed by atoms with E-state index in [2.05, 4.69) is 21.4 Å². The molecule has 7 heteroatoms. The molecule has 0 radical (unpaired) electrons. The van der Waals surface area contributed by atoms with Gasteiger partial charge in [0.25, 0.3) is 0 Å². The molecule has 26 heavy (non-hydrogen) atoms. The number of nitriles is 1. The SMILES string of the molecule is CC(=O)NCc1cc2n(n1)CCN(c1nc3c(cc1C#N)CCCC3)C2. The zero-order valence-corrected chi connectivity index (χ0v) is 15.0. The molecule has 0 fully saturated rings. The molecule has 1 amide bonds. The van der Waals surface area contributed by atoms with E-state index in [1.807, 2.05) is 16.8 Å². The summed E-state index contributed by atoms with van der Waals surface area (Å²) < 4.78 is 1.98. The lowest BCUT2D eigenvalue weighted by Crippen LogP contribution is -2.35. The maximum Gasteiger partial charge on any atom is 0.217 e. The minimum Gasteiger partial charge on any atom is -0.351 e. The minimum absolute atomic E-state index is 0.0606. The van der Waals surface area contributed by atoms with Crippen molar-refractivity contribution in [1.29, 1.82) is 5.26 Å². The zero-order chi connectivity index (χ0) is 18.1. The summed E-state index contributed by atoms with van der Waals surface area (Å²) in [5.41, 5.74) is 4.99. The molecule has 0 bridgehead atoms. The van der Waals surface area contributed by atoms with Crippen LogP contribution in [0.3, 0.4) is 0 Å². The van der Waals surface area contributed by atoms with Gasteiger partial charge in [0.2, 0.25) is 5.91 Å². The number of anilines is 1. The first-order chi connectivity index (χ1) is 12.6. The van der Waals surface area contributed by atoms with Crippen molar-refractivity contribution in [2.45, 2.75) is 52.2 Å². The molecule has 134 valence electrons. The van der Waals surface area contributed by atoms with Gasteiger partial charge < -0.3 is 10.2 Å². The topological polar surface area (TPSA) is 86.8 Å². The lowest BCUT2D eigenvalue weighted by Gasteiger charge is -2.30. The van der Waals surface area contributed by atoms with E-state index in [9.17, 15) is 10.1 Å². The predicted molar refractivity (Wildman–Crippen MR) is 96.4 cm³/mol. The molecule has 0 spiro atoms. The number of aryl methyl sites for hydroxylation is 2. The third-order valence-electron chi connectivity index (χ3n) is 5.07. The molecule has 0 aromatic carbocycles. The van der Waals surface area contributed by atoms with E-state index in [1.165, 1.54) is 25.3 Å². The Hall–Kier alpha value is -2.88. The van der Waals surface area contributed by atoms with Gasteiger partial charge in [-0.1, -0.05) is 0 Å². The van der Waals surface area contributed by atoms with Crippen molar-refractivity contribution in [3.05, 3.63) is 40.3 Å². The molecule has 3 heterocycles. The molecule has 7 nitrogen and oxygen atoms in total. The molecule has 4 rings (SSSR count). The number of aromatic nitrogens is 3. The molecule has 1 aliphatic carbocycles. The van der Waals surface area contributed by atoms with Crippen molar-refractivity contribution in [3.8, 4) is 6.07 Å². The second-order valence-electron chi connectivity index (χ2n) is 6.97. The summed E-state index contributed by atoms with van der Waals surface area (Å²) >= 11 is 0. The molecule has 2 aromatic rings. The summed E-state index contributed by atoms with van der Waals surface area (Å²) in [5, 5.41) is 16.9. The summed E-state index contributed by atoms with van der Waals surface area (Å²) in [7, 11) is 0. The first kappa shape index (κ1) is 16.6. The Kier molecular flexibility index (Phi) is 4.33. The smallest absolute Gasteiger partial charge is 0.217 e. The quantitative estimate of drug-likeness (QED) is 0.910.